The highest BCUT2D eigenvalue weighted by molar-refractivity contribution is 7.89. The molecule has 0 aliphatic heterocycles. The Labute approximate surface area is 102 Å². The number of sulfonamides is 1. The van der Waals surface area contributed by atoms with Crippen molar-refractivity contribution in [3.63, 3.8) is 0 Å². The van der Waals surface area contributed by atoms with E-state index < -0.39 is 10.0 Å². The Kier molecular flexibility index (Phi) is 5.35. The third-order valence-electron chi connectivity index (χ3n) is 2.80. The summed E-state index contributed by atoms with van der Waals surface area (Å²) in [6.45, 7) is 0. The Bertz CT molecular complexity index is 348. The van der Waals surface area contributed by atoms with E-state index in [1.807, 2.05) is 0 Å². The van der Waals surface area contributed by atoms with E-state index in [0.717, 1.165) is 0 Å². The molecular formula is C10H19NO5S. The van der Waals surface area contributed by atoms with E-state index in [4.69, 9.17) is 4.74 Å². The van der Waals surface area contributed by atoms with Crippen molar-refractivity contribution >= 4 is 16.0 Å². The van der Waals surface area contributed by atoms with Crippen LogP contribution in [0.25, 0.3) is 0 Å². The molecule has 0 saturated heterocycles. The van der Waals surface area contributed by atoms with E-state index >= 15 is 0 Å². The van der Waals surface area contributed by atoms with Gasteiger partial charge in [-0.25, -0.2) is 13.1 Å². The first kappa shape index (κ1) is 14.4. The SMILES string of the molecule is COC(=O)CCCS(=O)(=O)NC1CC(OC)C1. The van der Waals surface area contributed by atoms with Gasteiger partial charge in [0.2, 0.25) is 10.0 Å². The van der Waals surface area contributed by atoms with Gasteiger partial charge in [0, 0.05) is 19.6 Å². The maximum absolute atomic E-state index is 11.6. The maximum atomic E-state index is 11.6. The van der Waals surface area contributed by atoms with Crippen LogP contribution in [0.2, 0.25) is 0 Å². The molecule has 0 atom stereocenters. The quantitative estimate of drug-likeness (QED) is 0.657. The zero-order valence-electron chi connectivity index (χ0n) is 10.1. The first-order valence-electron chi connectivity index (χ1n) is 5.56. The minimum absolute atomic E-state index is 0.0249. The lowest BCUT2D eigenvalue weighted by Crippen LogP contribution is -2.48. The summed E-state index contributed by atoms with van der Waals surface area (Å²) >= 11 is 0. The fraction of sp³-hybridized carbons (Fsp3) is 0.900. The van der Waals surface area contributed by atoms with E-state index in [0.29, 0.717) is 12.8 Å². The molecule has 0 unspecified atom stereocenters. The molecular weight excluding hydrogens is 246 g/mol. The number of rotatable bonds is 7. The van der Waals surface area contributed by atoms with Gasteiger partial charge in [0.15, 0.2) is 0 Å². The molecule has 17 heavy (non-hydrogen) atoms. The molecule has 7 heteroatoms. The van der Waals surface area contributed by atoms with Crippen molar-refractivity contribution in [2.75, 3.05) is 20.0 Å². The van der Waals surface area contributed by atoms with Crippen LogP contribution in [0.1, 0.15) is 25.7 Å². The summed E-state index contributed by atoms with van der Waals surface area (Å²) in [5.41, 5.74) is 0. The van der Waals surface area contributed by atoms with Crippen molar-refractivity contribution < 1.29 is 22.7 Å². The van der Waals surface area contributed by atoms with Crippen molar-refractivity contribution in [1.82, 2.24) is 4.72 Å². The summed E-state index contributed by atoms with van der Waals surface area (Å²) in [6.07, 6.45) is 2.00. The van der Waals surface area contributed by atoms with Gasteiger partial charge in [0.1, 0.15) is 0 Å². The molecule has 0 spiro atoms. The minimum atomic E-state index is -3.29. The Hall–Kier alpha value is -0.660. The predicted molar refractivity (Wildman–Crippen MR) is 62.0 cm³/mol. The molecule has 0 aromatic carbocycles. The van der Waals surface area contributed by atoms with Crippen LogP contribution in [-0.4, -0.2) is 46.5 Å². The number of carbonyl (C=O) groups excluding carboxylic acids is 1. The number of esters is 1. The monoisotopic (exact) mass is 265 g/mol. The van der Waals surface area contributed by atoms with Gasteiger partial charge in [0.25, 0.3) is 0 Å². The van der Waals surface area contributed by atoms with Crippen molar-refractivity contribution in [1.29, 1.82) is 0 Å². The van der Waals surface area contributed by atoms with Gasteiger partial charge in [0.05, 0.1) is 19.0 Å². The smallest absolute Gasteiger partial charge is 0.305 e. The minimum Gasteiger partial charge on any atom is -0.469 e. The molecule has 0 heterocycles. The molecule has 0 bridgehead atoms. The number of hydrogen-bond acceptors (Lipinski definition) is 5. The summed E-state index contributed by atoms with van der Waals surface area (Å²) in [5.74, 6) is -0.431. The Morgan fingerprint density at radius 3 is 2.53 bits per heavy atom. The van der Waals surface area contributed by atoms with Crippen LogP contribution in [0.15, 0.2) is 0 Å². The Morgan fingerprint density at radius 1 is 1.35 bits per heavy atom. The summed E-state index contributed by atoms with van der Waals surface area (Å²) in [6, 6.07) is -0.0249. The summed E-state index contributed by atoms with van der Waals surface area (Å²) in [7, 11) is -0.388. The molecule has 0 aromatic heterocycles. The van der Waals surface area contributed by atoms with Crippen molar-refractivity contribution in [2.24, 2.45) is 0 Å². The van der Waals surface area contributed by atoms with Gasteiger partial charge in [-0.3, -0.25) is 4.79 Å². The molecule has 1 fully saturated rings. The molecule has 0 radical (unpaired) electrons. The third-order valence-corrected chi connectivity index (χ3v) is 4.31. The molecule has 100 valence electrons. The highest BCUT2D eigenvalue weighted by Crippen LogP contribution is 2.23. The van der Waals surface area contributed by atoms with Crippen molar-refractivity contribution in [3.8, 4) is 0 Å². The average molecular weight is 265 g/mol. The number of carbonyl (C=O) groups is 1. The molecule has 1 saturated carbocycles. The van der Waals surface area contributed by atoms with Crippen LogP contribution in [0.3, 0.4) is 0 Å². The van der Waals surface area contributed by atoms with Crippen LogP contribution in [0.4, 0.5) is 0 Å². The van der Waals surface area contributed by atoms with E-state index in [1.165, 1.54) is 7.11 Å². The molecule has 1 aliphatic carbocycles. The first-order valence-corrected chi connectivity index (χ1v) is 7.21. The number of ether oxygens (including phenoxy) is 2. The van der Waals surface area contributed by atoms with Gasteiger partial charge < -0.3 is 9.47 Å². The number of methoxy groups -OCH3 is 2. The van der Waals surface area contributed by atoms with Gasteiger partial charge in [-0.2, -0.15) is 0 Å². The molecule has 1 rings (SSSR count). The highest BCUT2D eigenvalue weighted by Gasteiger charge is 2.31. The Morgan fingerprint density at radius 2 is 2.00 bits per heavy atom. The first-order chi connectivity index (χ1) is 7.96. The van der Waals surface area contributed by atoms with Gasteiger partial charge in [-0.1, -0.05) is 0 Å². The van der Waals surface area contributed by atoms with Crippen molar-refractivity contribution in [3.05, 3.63) is 0 Å². The Balaban J connectivity index is 2.21. The zero-order chi connectivity index (χ0) is 12.9. The lowest BCUT2D eigenvalue weighted by molar-refractivity contribution is -0.140. The second-order valence-corrected chi connectivity index (χ2v) is 6.02. The molecule has 1 N–H and O–H groups in total. The lowest BCUT2D eigenvalue weighted by Gasteiger charge is -2.34. The lowest BCUT2D eigenvalue weighted by atomic mass is 9.90. The van der Waals surface area contributed by atoms with E-state index in [-0.39, 0.29) is 36.7 Å². The normalized spacial score (nSPS) is 24.1. The summed E-state index contributed by atoms with van der Waals surface area (Å²) in [5, 5.41) is 0. The summed E-state index contributed by atoms with van der Waals surface area (Å²) in [4.78, 5) is 10.8. The summed E-state index contributed by atoms with van der Waals surface area (Å²) < 4.78 is 35.3. The van der Waals surface area contributed by atoms with E-state index in [1.54, 1.807) is 7.11 Å². The highest BCUT2D eigenvalue weighted by atomic mass is 32.2. The maximum Gasteiger partial charge on any atom is 0.305 e. The largest absolute Gasteiger partial charge is 0.469 e. The third kappa shape index (κ3) is 5.01. The van der Waals surface area contributed by atoms with Crippen molar-refractivity contribution in [2.45, 2.75) is 37.8 Å². The molecule has 6 nitrogen and oxygen atoms in total. The fourth-order valence-corrected chi connectivity index (χ4v) is 3.02. The average Bonchev–Trinajstić information content (AvgIpc) is 2.22. The van der Waals surface area contributed by atoms with Crippen LogP contribution >= 0.6 is 0 Å². The molecule has 0 amide bonds. The van der Waals surface area contributed by atoms with Gasteiger partial charge in [-0.15, -0.1) is 0 Å². The van der Waals surface area contributed by atoms with Crippen LogP contribution in [-0.2, 0) is 24.3 Å². The van der Waals surface area contributed by atoms with E-state index in [9.17, 15) is 13.2 Å². The van der Waals surface area contributed by atoms with Crippen LogP contribution < -0.4 is 4.72 Å². The van der Waals surface area contributed by atoms with E-state index in [2.05, 4.69) is 9.46 Å². The second kappa shape index (κ2) is 6.32. The zero-order valence-corrected chi connectivity index (χ0v) is 11.0. The topological polar surface area (TPSA) is 81.7 Å². The molecule has 1 aliphatic rings. The molecule has 0 aromatic rings. The standard InChI is InChI=1S/C10H19NO5S/c1-15-9-6-8(7-9)11-17(13,14)5-3-4-10(12)16-2/h8-9,11H,3-7H2,1-2H3. The second-order valence-electron chi connectivity index (χ2n) is 4.14. The van der Waals surface area contributed by atoms with Gasteiger partial charge >= 0.3 is 5.97 Å². The predicted octanol–water partition coefficient (Wildman–Crippen LogP) is 0.0364. The number of nitrogens with one attached hydrogen (secondary N) is 1. The van der Waals surface area contributed by atoms with Crippen LogP contribution in [0.5, 0.6) is 0 Å². The number of hydrogen-bond donors (Lipinski definition) is 1. The van der Waals surface area contributed by atoms with Gasteiger partial charge in [-0.05, 0) is 19.3 Å². The fourth-order valence-electron chi connectivity index (χ4n) is 1.68. The van der Waals surface area contributed by atoms with Crippen LogP contribution in [0, 0.1) is 0 Å².